The molecule has 1 heterocycles. The van der Waals surface area contributed by atoms with Gasteiger partial charge in [-0.15, -0.1) is 5.10 Å². The smallest absolute Gasteiger partial charge is 0.271 e. The lowest BCUT2D eigenvalue weighted by Gasteiger charge is -2.06. The molecule has 0 spiro atoms. The van der Waals surface area contributed by atoms with Crippen molar-refractivity contribution in [3.8, 4) is 5.69 Å². The van der Waals surface area contributed by atoms with E-state index in [0.717, 1.165) is 12.8 Å². The van der Waals surface area contributed by atoms with Crippen molar-refractivity contribution in [3.05, 3.63) is 45.8 Å². The minimum Gasteiger partial charge on any atom is -0.296 e. The van der Waals surface area contributed by atoms with Crippen molar-refractivity contribution < 1.29 is 9.72 Å². The van der Waals surface area contributed by atoms with Gasteiger partial charge in [-0.25, -0.2) is 4.68 Å². The Morgan fingerprint density at radius 3 is 2.90 bits per heavy atom. The number of benzene rings is 1. The number of unbranched alkanes of at least 4 members (excludes halogenated alkanes) is 1. The molecule has 104 valence electrons. The van der Waals surface area contributed by atoms with Crippen molar-refractivity contribution in [1.29, 1.82) is 0 Å². The van der Waals surface area contributed by atoms with Crippen LogP contribution in [0.15, 0.2) is 24.3 Å². The molecule has 0 amide bonds. The van der Waals surface area contributed by atoms with Crippen LogP contribution < -0.4 is 0 Å². The van der Waals surface area contributed by atoms with E-state index in [9.17, 15) is 14.9 Å². The van der Waals surface area contributed by atoms with Gasteiger partial charge in [-0.1, -0.05) is 24.6 Å². The first kappa shape index (κ1) is 13.9. The zero-order valence-corrected chi connectivity index (χ0v) is 11.0. The van der Waals surface area contributed by atoms with Crippen LogP contribution in [0.1, 0.15) is 35.9 Å². The van der Waals surface area contributed by atoms with Crippen molar-refractivity contribution in [3.63, 3.8) is 0 Å². The van der Waals surface area contributed by atoms with E-state index in [2.05, 4.69) is 10.3 Å². The molecule has 0 atom stereocenters. The summed E-state index contributed by atoms with van der Waals surface area (Å²) < 4.78 is 1.49. The number of hydrogen-bond acceptors (Lipinski definition) is 5. The molecule has 0 aliphatic rings. The number of carbonyl (C=O) groups is 1. The van der Waals surface area contributed by atoms with Gasteiger partial charge in [-0.3, -0.25) is 14.9 Å². The molecule has 0 unspecified atom stereocenters. The summed E-state index contributed by atoms with van der Waals surface area (Å²) >= 11 is 0. The number of nitrogens with zero attached hydrogens (tertiary/aromatic N) is 4. The molecule has 0 bridgehead atoms. The first-order valence-electron chi connectivity index (χ1n) is 6.32. The van der Waals surface area contributed by atoms with E-state index in [1.54, 1.807) is 12.1 Å². The number of carbonyl (C=O) groups excluding carboxylic acids is 1. The zero-order valence-electron chi connectivity index (χ0n) is 11.0. The maximum atomic E-state index is 11.0. The van der Waals surface area contributed by atoms with Gasteiger partial charge >= 0.3 is 0 Å². The molecule has 1 aromatic carbocycles. The van der Waals surface area contributed by atoms with Gasteiger partial charge in [-0.2, -0.15) is 0 Å². The summed E-state index contributed by atoms with van der Waals surface area (Å²) in [4.78, 5) is 21.3. The van der Waals surface area contributed by atoms with Crippen LogP contribution in [-0.2, 0) is 6.42 Å². The molecular weight excluding hydrogens is 260 g/mol. The van der Waals surface area contributed by atoms with Crippen LogP contribution in [0, 0.1) is 10.1 Å². The Hall–Kier alpha value is -2.57. The van der Waals surface area contributed by atoms with Crippen LogP contribution in [0.25, 0.3) is 5.69 Å². The van der Waals surface area contributed by atoms with Crippen molar-refractivity contribution in [2.24, 2.45) is 0 Å². The quantitative estimate of drug-likeness (QED) is 0.458. The van der Waals surface area contributed by atoms with Crippen LogP contribution in [0.5, 0.6) is 0 Å². The van der Waals surface area contributed by atoms with Gasteiger partial charge < -0.3 is 0 Å². The minimum atomic E-state index is -0.465. The average molecular weight is 274 g/mol. The molecule has 0 N–H and O–H groups in total. The molecule has 7 nitrogen and oxygen atoms in total. The molecule has 7 heteroatoms. The molecular formula is C13H14N4O3. The lowest BCUT2D eigenvalue weighted by molar-refractivity contribution is -0.384. The first-order chi connectivity index (χ1) is 9.67. The molecule has 0 radical (unpaired) electrons. The summed E-state index contributed by atoms with van der Waals surface area (Å²) in [6, 6.07) is 6.11. The predicted octanol–water partition coefficient (Wildman–Crippen LogP) is 2.33. The van der Waals surface area contributed by atoms with Gasteiger partial charge in [0, 0.05) is 12.1 Å². The van der Waals surface area contributed by atoms with E-state index >= 15 is 0 Å². The fourth-order valence-electron chi connectivity index (χ4n) is 1.93. The van der Waals surface area contributed by atoms with Crippen molar-refractivity contribution in [2.45, 2.75) is 26.2 Å². The molecule has 0 aliphatic carbocycles. The normalized spacial score (nSPS) is 10.4. The van der Waals surface area contributed by atoms with Crippen molar-refractivity contribution in [2.75, 3.05) is 0 Å². The van der Waals surface area contributed by atoms with E-state index < -0.39 is 4.92 Å². The summed E-state index contributed by atoms with van der Waals surface area (Å²) in [6.45, 7) is 2.04. The number of hydrogen-bond donors (Lipinski definition) is 0. The number of rotatable bonds is 6. The SMILES string of the molecule is CCCCc1c(C=O)nnn1-c1cccc([N+](=O)[O-])c1. The Labute approximate surface area is 115 Å². The average Bonchev–Trinajstić information content (AvgIpc) is 2.88. The molecule has 0 saturated heterocycles. The van der Waals surface area contributed by atoms with Gasteiger partial charge in [-0.05, 0) is 18.9 Å². The lowest BCUT2D eigenvalue weighted by Crippen LogP contribution is -2.04. The van der Waals surface area contributed by atoms with Gasteiger partial charge in [0.1, 0.15) is 5.69 Å². The number of non-ortho nitro benzene ring substituents is 1. The largest absolute Gasteiger partial charge is 0.296 e. The van der Waals surface area contributed by atoms with Crippen molar-refractivity contribution >= 4 is 12.0 Å². The highest BCUT2D eigenvalue weighted by Crippen LogP contribution is 2.19. The number of nitro benzene ring substituents is 1. The number of aromatic nitrogens is 3. The Morgan fingerprint density at radius 1 is 1.45 bits per heavy atom. The molecule has 20 heavy (non-hydrogen) atoms. The molecule has 2 aromatic rings. The summed E-state index contributed by atoms with van der Waals surface area (Å²) in [5.41, 5.74) is 1.48. The summed E-state index contributed by atoms with van der Waals surface area (Å²) in [7, 11) is 0. The minimum absolute atomic E-state index is 0.0212. The summed E-state index contributed by atoms with van der Waals surface area (Å²) in [6.07, 6.45) is 3.17. The highest BCUT2D eigenvalue weighted by molar-refractivity contribution is 5.73. The molecule has 0 fully saturated rings. The molecule has 0 aliphatic heterocycles. The third kappa shape index (κ3) is 2.71. The summed E-state index contributed by atoms with van der Waals surface area (Å²) in [5, 5.41) is 18.5. The van der Waals surface area contributed by atoms with E-state index in [1.165, 1.54) is 16.8 Å². The Bertz CT molecular complexity index is 636. The van der Waals surface area contributed by atoms with Gasteiger partial charge in [0.2, 0.25) is 0 Å². The van der Waals surface area contributed by atoms with Crippen LogP contribution >= 0.6 is 0 Å². The standard InChI is InChI=1S/C13H14N4O3/c1-2-3-7-13-12(9-18)14-15-16(13)10-5-4-6-11(8-10)17(19)20/h4-6,8-9H,2-3,7H2,1H3. The van der Waals surface area contributed by atoms with Gasteiger partial charge in [0.05, 0.1) is 16.3 Å². The zero-order chi connectivity index (χ0) is 14.5. The molecule has 1 aromatic heterocycles. The highest BCUT2D eigenvalue weighted by Gasteiger charge is 2.15. The monoisotopic (exact) mass is 274 g/mol. The number of nitro groups is 1. The predicted molar refractivity (Wildman–Crippen MR) is 72.0 cm³/mol. The van der Waals surface area contributed by atoms with Crippen LogP contribution in [0.3, 0.4) is 0 Å². The Kier molecular flexibility index (Phi) is 4.19. The molecule has 2 rings (SSSR count). The highest BCUT2D eigenvalue weighted by atomic mass is 16.6. The third-order valence-corrected chi connectivity index (χ3v) is 2.96. The van der Waals surface area contributed by atoms with E-state index in [1.807, 2.05) is 6.92 Å². The lowest BCUT2D eigenvalue weighted by atomic mass is 10.1. The van der Waals surface area contributed by atoms with Crippen molar-refractivity contribution in [1.82, 2.24) is 15.0 Å². The van der Waals surface area contributed by atoms with Crippen LogP contribution in [-0.4, -0.2) is 26.2 Å². The Morgan fingerprint density at radius 2 is 2.25 bits per heavy atom. The maximum Gasteiger partial charge on any atom is 0.271 e. The second-order valence-corrected chi connectivity index (χ2v) is 4.33. The maximum absolute atomic E-state index is 11.0. The Balaban J connectivity index is 2.46. The fourth-order valence-corrected chi connectivity index (χ4v) is 1.93. The van der Waals surface area contributed by atoms with E-state index in [-0.39, 0.29) is 11.4 Å². The summed E-state index contributed by atoms with van der Waals surface area (Å²) in [5.74, 6) is 0. The van der Waals surface area contributed by atoms with Crippen LogP contribution in [0.2, 0.25) is 0 Å². The first-order valence-corrected chi connectivity index (χ1v) is 6.32. The van der Waals surface area contributed by atoms with E-state index in [4.69, 9.17) is 0 Å². The third-order valence-electron chi connectivity index (χ3n) is 2.96. The second-order valence-electron chi connectivity index (χ2n) is 4.33. The van der Waals surface area contributed by atoms with Crippen LogP contribution in [0.4, 0.5) is 5.69 Å². The fraction of sp³-hybridized carbons (Fsp3) is 0.308. The van der Waals surface area contributed by atoms with Gasteiger partial charge in [0.25, 0.3) is 5.69 Å². The second kappa shape index (κ2) is 6.05. The number of aldehydes is 1. The van der Waals surface area contributed by atoms with E-state index in [0.29, 0.717) is 24.1 Å². The van der Waals surface area contributed by atoms with Gasteiger partial charge in [0.15, 0.2) is 6.29 Å². The molecule has 0 saturated carbocycles. The topological polar surface area (TPSA) is 90.9 Å².